The average molecular weight is 743 g/mol. The summed E-state index contributed by atoms with van der Waals surface area (Å²) in [6.45, 7) is 4.42. The summed E-state index contributed by atoms with van der Waals surface area (Å²) in [7, 11) is 0. The summed E-state index contributed by atoms with van der Waals surface area (Å²) < 4.78 is 13.1. The van der Waals surface area contributed by atoms with Crippen LogP contribution in [0.3, 0.4) is 0 Å². The topological polar surface area (TPSA) is 22.4 Å². The molecular formula is C56H38O2. The van der Waals surface area contributed by atoms with Crippen LogP contribution in [0.2, 0.25) is 0 Å². The molecule has 0 aliphatic carbocycles. The van der Waals surface area contributed by atoms with E-state index < -0.39 is 0 Å². The van der Waals surface area contributed by atoms with E-state index in [0.717, 1.165) is 83.5 Å². The molecule has 1 aromatic heterocycles. The zero-order valence-electron chi connectivity index (χ0n) is 32.3. The molecule has 11 rings (SSSR count). The van der Waals surface area contributed by atoms with Crippen LogP contribution in [0.5, 0.6) is 11.5 Å². The maximum atomic E-state index is 6.75. The van der Waals surface area contributed by atoms with Gasteiger partial charge in [-0.3, -0.25) is 0 Å². The number of benzene rings is 9. The van der Waals surface area contributed by atoms with Crippen LogP contribution >= 0.6 is 0 Å². The Hall–Kier alpha value is -7.42. The largest absolute Gasteiger partial charge is 0.456 e. The minimum Gasteiger partial charge on any atom is -0.456 e. The van der Waals surface area contributed by atoms with Crippen LogP contribution in [0.25, 0.3) is 99.8 Å². The van der Waals surface area contributed by atoms with Crippen molar-refractivity contribution in [3.8, 4) is 89.4 Å². The van der Waals surface area contributed by atoms with Crippen molar-refractivity contribution in [1.82, 2.24) is 0 Å². The molecular weight excluding hydrogens is 705 g/mol. The molecule has 2 heteroatoms. The Bertz CT molecular complexity index is 3200. The first-order valence-corrected chi connectivity index (χ1v) is 19.9. The fourth-order valence-electron chi connectivity index (χ4n) is 8.86. The lowest BCUT2D eigenvalue weighted by Crippen LogP contribution is -1.91. The summed E-state index contributed by atoms with van der Waals surface area (Å²) in [5.41, 5.74) is 20.7. The second kappa shape index (κ2) is 13.7. The number of para-hydroxylation sites is 2. The fourth-order valence-corrected chi connectivity index (χ4v) is 8.86. The van der Waals surface area contributed by atoms with Gasteiger partial charge < -0.3 is 9.15 Å². The maximum absolute atomic E-state index is 6.75. The quantitative estimate of drug-likeness (QED) is 0.175. The molecule has 2 heterocycles. The van der Waals surface area contributed by atoms with Crippen molar-refractivity contribution >= 4 is 21.9 Å². The van der Waals surface area contributed by atoms with E-state index in [1.807, 2.05) is 12.1 Å². The van der Waals surface area contributed by atoms with Crippen LogP contribution in [0, 0.1) is 13.8 Å². The molecule has 0 radical (unpaired) electrons. The van der Waals surface area contributed by atoms with E-state index in [-0.39, 0.29) is 0 Å². The lowest BCUT2D eigenvalue weighted by molar-refractivity contribution is 0.488. The van der Waals surface area contributed by atoms with Gasteiger partial charge >= 0.3 is 0 Å². The molecule has 0 unspecified atom stereocenters. The van der Waals surface area contributed by atoms with Gasteiger partial charge in [-0.1, -0.05) is 164 Å². The van der Waals surface area contributed by atoms with Crippen molar-refractivity contribution in [3.63, 3.8) is 0 Å². The molecule has 0 fully saturated rings. The minimum atomic E-state index is 0.850. The Kier molecular flexibility index (Phi) is 7.97. The second-order valence-electron chi connectivity index (χ2n) is 15.3. The predicted octanol–water partition coefficient (Wildman–Crippen LogP) is 16.0. The third-order valence-electron chi connectivity index (χ3n) is 11.9. The summed E-state index contributed by atoms with van der Waals surface area (Å²) in [5.74, 6) is 1.70. The molecule has 0 saturated heterocycles. The fraction of sp³-hybridized carbons (Fsp3) is 0.0357. The number of aryl methyl sites for hydroxylation is 1. The van der Waals surface area contributed by atoms with Crippen molar-refractivity contribution in [1.29, 1.82) is 0 Å². The van der Waals surface area contributed by atoms with E-state index in [9.17, 15) is 0 Å². The smallest absolute Gasteiger partial charge is 0.143 e. The van der Waals surface area contributed by atoms with Crippen LogP contribution < -0.4 is 4.74 Å². The number of furan rings is 1. The molecule has 274 valence electrons. The van der Waals surface area contributed by atoms with E-state index in [1.165, 1.54) is 38.9 Å². The molecule has 0 N–H and O–H groups in total. The lowest BCUT2D eigenvalue weighted by Gasteiger charge is -2.15. The number of ether oxygens (including phenoxy) is 1. The van der Waals surface area contributed by atoms with Gasteiger partial charge in [0.25, 0.3) is 0 Å². The summed E-state index contributed by atoms with van der Waals surface area (Å²) in [4.78, 5) is 0. The molecule has 0 atom stereocenters. The highest BCUT2D eigenvalue weighted by Gasteiger charge is 2.22. The van der Waals surface area contributed by atoms with Crippen LogP contribution in [0.4, 0.5) is 0 Å². The number of rotatable bonds is 5. The van der Waals surface area contributed by atoms with Crippen LogP contribution in [-0.4, -0.2) is 0 Å². The molecule has 10 aromatic rings. The van der Waals surface area contributed by atoms with E-state index in [0.29, 0.717) is 0 Å². The zero-order valence-corrected chi connectivity index (χ0v) is 32.3. The zero-order chi connectivity index (χ0) is 38.7. The lowest BCUT2D eigenvalue weighted by atomic mass is 9.89. The van der Waals surface area contributed by atoms with Crippen LogP contribution in [0.15, 0.2) is 199 Å². The first-order valence-electron chi connectivity index (χ1n) is 19.9. The van der Waals surface area contributed by atoms with E-state index in [2.05, 4.69) is 196 Å². The molecule has 1 aliphatic rings. The van der Waals surface area contributed by atoms with Gasteiger partial charge in [-0.15, -0.1) is 0 Å². The third kappa shape index (κ3) is 5.64. The van der Waals surface area contributed by atoms with Gasteiger partial charge in [0, 0.05) is 27.5 Å². The Balaban J connectivity index is 0.911. The van der Waals surface area contributed by atoms with Crippen molar-refractivity contribution in [2.45, 2.75) is 13.8 Å². The van der Waals surface area contributed by atoms with Crippen LogP contribution in [-0.2, 0) is 0 Å². The number of fused-ring (bicyclic) bond motifs is 8. The predicted molar refractivity (Wildman–Crippen MR) is 241 cm³/mol. The van der Waals surface area contributed by atoms with E-state index >= 15 is 0 Å². The number of hydrogen-bond donors (Lipinski definition) is 0. The molecule has 58 heavy (non-hydrogen) atoms. The average Bonchev–Trinajstić information content (AvgIpc) is 3.60. The van der Waals surface area contributed by atoms with E-state index in [1.54, 1.807) is 0 Å². The first-order chi connectivity index (χ1) is 28.6. The molecule has 9 aromatic carbocycles. The Labute approximate surface area is 338 Å². The highest BCUT2D eigenvalue weighted by molar-refractivity contribution is 6.09. The second-order valence-corrected chi connectivity index (χ2v) is 15.3. The Morgan fingerprint density at radius 1 is 0.310 bits per heavy atom. The summed E-state index contributed by atoms with van der Waals surface area (Å²) in [6, 6.07) is 69.4. The van der Waals surface area contributed by atoms with Crippen molar-refractivity contribution in [2.75, 3.05) is 0 Å². The van der Waals surface area contributed by atoms with Crippen molar-refractivity contribution in [2.24, 2.45) is 0 Å². The monoisotopic (exact) mass is 742 g/mol. The summed E-state index contributed by atoms with van der Waals surface area (Å²) >= 11 is 0. The Morgan fingerprint density at radius 2 is 0.776 bits per heavy atom. The highest BCUT2D eigenvalue weighted by Crippen LogP contribution is 2.49. The standard InChI is InChI=1S/C56H38O2/c1-35-11-3-4-12-43(35)45-17-9-16-44(36(45)2)39-25-21-37(22-26-39)41-29-31-54-51(33-41)47-13-5-6-14-48(47)52-34-42(30-32-55(52)57-54)38-23-27-40(28-24-38)46-18-10-19-50-49-15-7-8-20-53(49)58-56(46)50/h3-34H,1-2H3. The van der Waals surface area contributed by atoms with Crippen molar-refractivity contribution < 1.29 is 9.15 Å². The first kappa shape index (κ1) is 33.9. The molecule has 0 spiro atoms. The number of hydrogen-bond acceptors (Lipinski definition) is 2. The van der Waals surface area contributed by atoms with Gasteiger partial charge in [0.05, 0.1) is 0 Å². The van der Waals surface area contributed by atoms with Crippen LogP contribution in [0.1, 0.15) is 11.1 Å². The SMILES string of the molecule is Cc1ccccc1-c1cccc(-c2ccc(-c3ccc4c(c3)-c3ccccc3-c3cc(-c5ccc(-c6cccc7c6oc6ccccc67)cc5)ccc3O4)cc2)c1C. The van der Waals surface area contributed by atoms with Gasteiger partial charge in [-0.25, -0.2) is 0 Å². The van der Waals surface area contributed by atoms with Gasteiger partial charge in [-0.2, -0.15) is 0 Å². The van der Waals surface area contributed by atoms with Gasteiger partial charge in [0.2, 0.25) is 0 Å². The minimum absolute atomic E-state index is 0.850. The van der Waals surface area contributed by atoms with Gasteiger partial charge in [-0.05, 0) is 117 Å². The molecule has 1 aliphatic heterocycles. The van der Waals surface area contributed by atoms with Gasteiger partial charge in [0.1, 0.15) is 22.7 Å². The van der Waals surface area contributed by atoms with Gasteiger partial charge in [0.15, 0.2) is 0 Å². The Morgan fingerprint density at radius 3 is 1.43 bits per heavy atom. The molecule has 2 nitrogen and oxygen atoms in total. The summed E-state index contributed by atoms with van der Waals surface area (Å²) in [6.07, 6.45) is 0. The van der Waals surface area contributed by atoms with Crippen molar-refractivity contribution in [3.05, 3.63) is 205 Å². The summed E-state index contributed by atoms with van der Waals surface area (Å²) in [5, 5.41) is 2.28. The molecule has 0 amide bonds. The highest BCUT2D eigenvalue weighted by atomic mass is 16.5. The molecule has 0 bridgehead atoms. The van der Waals surface area contributed by atoms with E-state index in [4.69, 9.17) is 9.15 Å². The molecule has 0 saturated carbocycles. The maximum Gasteiger partial charge on any atom is 0.143 e. The third-order valence-corrected chi connectivity index (χ3v) is 11.9. The normalized spacial score (nSPS) is 11.8.